The maximum absolute atomic E-state index is 12.3. The van der Waals surface area contributed by atoms with Crippen molar-refractivity contribution in [3.05, 3.63) is 34.9 Å². The largest absolute Gasteiger partial charge is 0.339 e. The second kappa shape index (κ2) is 6.03. The number of rotatable bonds is 1. The molecule has 0 atom stereocenters. The molecule has 0 spiro atoms. The summed E-state index contributed by atoms with van der Waals surface area (Å²) in [4.78, 5) is 14.2. The average Bonchev–Trinajstić information content (AvgIpc) is 2.28. The molecule has 4 heteroatoms. The van der Waals surface area contributed by atoms with Crippen LogP contribution in [0.1, 0.15) is 23.2 Å². The predicted octanol–water partition coefficient (Wildman–Crippen LogP) is 2.17. The number of benzene rings is 1. The molecule has 1 aliphatic heterocycles. The standard InChI is InChI=1S/C13H17ClN2O/c14-12-6-2-1-5-11(12)13(17)16-9-3-7-15-8-4-10-16/h1-2,5-6,15H,3-4,7-10H2. The van der Waals surface area contributed by atoms with Gasteiger partial charge >= 0.3 is 0 Å². The molecule has 1 heterocycles. The van der Waals surface area contributed by atoms with E-state index in [4.69, 9.17) is 11.6 Å². The van der Waals surface area contributed by atoms with Crippen LogP contribution in [0.4, 0.5) is 0 Å². The van der Waals surface area contributed by atoms with Crippen LogP contribution in [0.3, 0.4) is 0 Å². The zero-order valence-electron chi connectivity index (χ0n) is 9.79. The van der Waals surface area contributed by atoms with Crippen LogP contribution >= 0.6 is 11.6 Å². The molecule has 92 valence electrons. The van der Waals surface area contributed by atoms with Crippen molar-refractivity contribution in [3.63, 3.8) is 0 Å². The summed E-state index contributed by atoms with van der Waals surface area (Å²) in [5, 5.41) is 3.87. The van der Waals surface area contributed by atoms with Crippen molar-refractivity contribution < 1.29 is 4.79 Å². The van der Waals surface area contributed by atoms with Gasteiger partial charge in [0.2, 0.25) is 0 Å². The number of amides is 1. The molecule has 0 bridgehead atoms. The van der Waals surface area contributed by atoms with Gasteiger partial charge in [-0.05, 0) is 38.1 Å². The topological polar surface area (TPSA) is 32.3 Å². The lowest BCUT2D eigenvalue weighted by Gasteiger charge is -2.25. The Bertz CT molecular complexity index is 387. The number of nitrogens with one attached hydrogen (secondary N) is 1. The van der Waals surface area contributed by atoms with E-state index in [9.17, 15) is 4.79 Å². The minimum Gasteiger partial charge on any atom is -0.339 e. The van der Waals surface area contributed by atoms with Crippen LogP contribution in [0.2, 0.25) is 5.02 Å². The SMILES string of the molecule is O=C(c1ccccc1Cl)N1CCCNCCC1. The molecule has 0 aromatic heterocycles. The number of carbonyl (C=O) groups excluding carboxylic acids is 1. The summed E-state index contributed by atoms with van der Waals surface area (Å²) < 4.78 is 0. The fraction of sp³-hybridized carbons (Fsp3) is 0.462. The van der Waals surface area contributed by atoms with E-state index >= 15 is 0 Å². The number of nitrogens with zero attached hydrogens (tertiary/aromatic N) is 1. The fourth-order valence-corrected chi connectivity index (χ4v) is 2.25. The predicted molar refractivity (Wildman–Crippen MR) is 69.5 cm³/mol. The molecule has 1 aromatic rings. The van der Waals surface area contributed by atoms with Crippen LogP contribution in [0.5, 0.6) is 0 Å². The zero-order chi connectivity index (χ0) is 12.1. The Hall–Kier alpha value is -1.06. The van der Waals surface area contributed by atoms with Gasteiger partial charge in [0.1, 0.15) is 0 Å². The minimum absolute atomic E-state index is 0.0532. The average molecular weight is 253 g/mol. The molecule has 0 radical (unpaired) electrons. The Balaban J connectivity index is 2.10. The van der Waals surface area contributed by atoms with Crippen molar-refractivity contribution in [1.82, 2.24) is 10.2 Å². The summed E-state index contributed by atoms with van der Waals surface area (Å²) >= 11 is 6.05. The van der Waals surface area contributed by atoms with Gasteiger partial charge in [0, 0.05) is 13.1 Å². The van der Waals surface area contributed by atoms with Crippen molar-refractivity contribution in [2.75, 3.05) is 26.2 Å². The highest BCUT2D eigenvalue weighted by Gasteiger charge is 2.18. The van der Waals surface area contributed by atoms with Gasteiger partial charge in [-0.15, -0.1) is 0 Å². The Labute approximate surface area is 107 Å². The van der Waals surface area contributed by atoms with Crippen LogP contribution in [-0.4, -0.2) is 37.0 Å². The van der Waals surface area contributed by atoms with Crippen molar-refractivity contribution in [3.8, 4) is 0 Å². The number of halogens is 1. The lowest BCUT2D eigenvalue weighted by Crippen LogP contribution is -2.38. The second-order valence-corrected chi connectivity index (χ2v) is 4.64. The molecule has 0 unspecified atom stereocenters. The smallest absolute Gasteiger partial charge is 0.255 e. The maximum Gasteiger partial charge on any atom is 0.255 e. The first kappa shape index (κ1) is 12.4. The molecule has 1 aliphatic rings. The molecule has 2 rings (SSSR count). The molecule has 1 aromatic carbocycles. The van der Waals surface area contributed by atoms with Gasteiger partial charge in [0.05, 0.1) is 10.6 Å². The van der Waals surface area contributed by atoms with E-state index in [0.717, 1.165) is 39.0 Å². The molecule has 1 saturated heterocycles. The molecule has 1 amide bonds. The van der Waals surface area contributed by atoms with Gasteiger partial charge in [0.15, 0.2) is 0 Å². The maximum atomic E-state index is 12.3. The molecular weight excluding hydrogens is 236 g/mol. The summed E-state index contributed by atoms with van der Waals surface area (Å²) in [6.07, 6.45) is 1.99. The summed E-state index contributed by atoms with van der Waals surface area (Å²) in [6, 6.07) is 7.25. The first-order valence-electron chi connectivity index (χ1n) is 6.03. The highest BCUT2D eigenvalue weighted by atomic mass is 35.5. The van der Waals surface area contributed by atoms with Crippen LogP contribution in [0.15, 0.2) is 24.3 Å². The highest BCUT2D eigenvalue weighted by Crippen LogP contribution is 2.17. The molecular formula is C13H17ClN2O. The number of hydrogen-bond donors (Lipinski definition) is 1. The first-order chi connectivity index (χ1) is 8.29. The van der Waals surface area contributed by atoms with Crippen molar-refractivity contribution in [2.24, 2.45) is 0 Å². The van der Waals surface area contributed by atoms with E-state index in [1.54, 1.807) is 12.1 Å². The lowest BCUT2D eigenvalue weighted by atomic mass is 10.1. The van der Waals surface area contributed by atoms with E-state index in [-0.39, 0.29) is 5.91 Å². The van der Waals surface area contributed by atoms with Gasteiger partial charge in [-0.2, -0.15) is 0 Å². The fourth-order valence-electron chi connectivity index (χ4n) is 2.03. The Morgan fingerprint density at radius 1 is 1.18 bits per heavy atom. The second-order valence-electron chi connectivity index (χ2n) is 4.23. The molecule has 1 fully saturated rings. The van der Waals surface area contributed by atoms with Gasteiger partial charge in [-0.3, -0.25) is 4.79 Å². The Morgan fingerprint density at radius 3 is 2.47 bits per heavy atom. The molecule has 0 aliphatic carbocycles. The molecule has 1 N–H and O–H groups in total. The van der Waals surface area contributed by atoms with E-state index in [2.05, 4.69) is 5.32 Å². The Morgan fingerprint density at radius 2 is 1.82 bits per heavy atom. The van der Waals surface area contributed by atoms with Gasteiger partial charge in [-0.1, -0.05) is 23.7 Å². The zero-order valence-corrected chi connectivity index (χ0v) is 10.5. The lowest BCUT2D eigenvalue weighted by molar-refractivity contribution is 0.0746. The quantitative estimate of drug-likeness (QED) is 0.831. The minimum atomic E-state index is 0.0532. The summed E-state index contributed by atoms with van der Waals surface area (Å²) in [7, 11) is 0. The third-order valence-corrected chi connectivity index (χ3v) is 3.28. The van der Waals surface area contributed by atoms with Crippen LogP contribution in [-0.2, 0) is 0 Å². The molecule has 0 saturated carbocycles. The van der Waals surface area contributed by atoms with Gasteiger partial charge in [-0.25, -0.2) is 0 Å². The van der Waals surface area contributed by atoms with Crippen molar-refractivity contribution in [1.29, 1.82) is 0 Å². The number of carbonyl (C=O) groups is 1. The van der Waals surface area contributed by atoms with E-state index in [0.29, 0.717) is 10.6 Å². The van der Waals surface area contributed by atoms with Crippen LogP contribution < -0.4 is 5.32 Å². The highest BCUT2D eigenvalue weighted by molar-refractivity contribution is 6.33. The number of hydrogen-bond acceptors (Lipinski definition) is 2. The summed E-state index contributed by atoms with van der Waals surface area (Å²) in [5.74, 6) is 0.0532. The molecule has 17 heavy (non-hydrogen) atoms. The van der Waals surface area contributed by atoms with E-state index in [1.807, 2.05) is 17.0 Å². The molecule has 3 nitrogen and oxygen atoms in total. The summed E-state index contributed by atoms with van der Waals surface area (Å²) in [5.41, 5.74) is 0.614. The van der Waals surface area contributed by atoms with Gasteiger partial charge in [0.25, 0.3) is 5.91 Å². The Kier molecular flexibility index (Phi) is 4.40. The van der Waals surface area contributed by atoms with E-state index < -0.39 is 0 Å². The van der Waals surface area contributed by atoms with Crippen LogP contribution in [0.25, 0.3) is 0 Å². The third-order valence-electron chi connectivity index (χ3n) is 2.95. The van der Waals surface area contributed by atoms with Gasteiger partial charge < -0.3 is 10.2 Å². The third kappa shape index (κ3) is 3.20. The van der Waals surface area contributed by atoms with Crippen LogP contribution in [0, 0.1) is 0 Å². The summed E-state index contributed by atoms with van der Waals surface area (Å²) in [6.45, 7) is 3.56. The van der Waals surface area contributed by atoms with Crippen molar-refractivity contribution in [2.45, 2.75) is 12.8 Å². The first-order valence-corrected chi connectivity index (χ1v) is 6.41. The van der Waals surface area contributed by atoms with Crippen molar-refractivity contribution >= 4 is 17.5 Å². The van der Waals surface area contributed by atoms with E-state index in [1.165, 1.54) is 0 Å². The monoisotopic (exact) mass is 252 g/mol. The normalized spacial score (nSPS) is 17.4.